The third kappa shape index (κ3) is 4.32. The number of carbonyl (C=O) groups excluding carboxylic acids is 1. The number of anilines is 1. The molecular weight excluding hydrogens is 312 g/mol. The minimum atomic E-state index is -0.0904. The maximum Gasteiger partial charge on any atom is 0.321 e. The van der Waals surface area contributed by atoms with Crippen molar-refractivity contribution in [3.05, 3.63) is 59.7 Å². The van der Waals surface area contributed by atoms with Crippen LogP contribution in [0.3, 0.4) is 0 Å². The lowest BCUT2D eigenvalue weighted by molar-refractivity contribution is 0.242. The zero-order chi connectivity index (χ0) is 17.5. The van der Waals surface area contributed by atoms with Gasteiger partial charge in [-0.25, -0.2) is 4.79 Å². The molecule has 4 heteroatoms. The zero-order valence-electron chi connectivity index (χ0n) is 14.8. The van der Waals surface area contributed by atoms with Crippen molar-refractivity contribution in [1.82, 2.24) is 5.32 Å². The maximum absolute atomic E-state index is 12.4. The predicted octanol–water partition coefficient (Wildman–Crippen LogP) is 4.18. The lowest BCUT2D eigenvalue weighted by Crippen LogP contribution is -2.41. The Kier molecular flexibility index (Phi) is 5.94. The second kappa shape index (κ2) is 8.56. The molecule has 0 fully saturated rings. The number of rotatable bonds is 6. The van der Waals surface area contributed by atoms with E-state index in [9.17, 15) is 4.79 Å². The average Bonchev–Trinajstić information content (AvgIpc) is 2.67. The van der Waals surface area contributed by atoms with E-state index >= 15 is 0 Å². The molecule has 0 atom stereocenters. The van der Waals surface area contributed by atoms with Crippen molar-refractivity contribution in [2.24, 2.45) is 0 Å². The summed E-state index contributed by atoms with van der Waals surface area (Å²) in [6, 6.07) is 15.9. The predicted molar refractivity (Wildman–Crippen MR) is 101 cm³/mol. The third-order valence-electron chi connectivity index (χ3n) is 4.62. The van der Waals surface area contributed by atoms with E-state index in [1.165, 1.54) is 24.0 Å². The van der Waals surface area contributed by atoms with Gasteiger partial charge in [0, 0.05) is 12.2 Å². The van der Waals surface area contributed by atoms with E-state index in [0.717, 1.165) is 24.3 Å². The van der Waals surface area contributed by atoms with Crippen LogP contribution in [-0.4, -0.2) is 25.7 Å². The number of nitrogens with one attached hydrogen (secondary N) is 1. The minimum Gasteiger partial charge on any atom is -0.491 e. The Morgan fingerprint density at radius 2 is 1.88 bits per heavy atom. The number of para-hydroxylation sites is 1. The topological polar surface area (TPSA) is 41.6 Å². The maximum atomic E-state index is 12.4. The summed E-state index contributed by atoms with van der Waals surface area (Å²) in [5, 5.41) is 2.94. The lowest BCUT2D eigenvalue weighted by atomic mass is 9.91. The molecule has 2 amide bonds. The molecule has 3 rings (SSSR count). The zero-order valence-corrected chi connectivity index (χ0v) is 14.8. The lowest BCUT2D eigenvalue weighted by Gasteiger charge is -2.22. The Balaban J connectivity index is 1.51. The summed E-state index contributed by atoms with van der Waals surface area (Å²) in [5.74, 6) is 0.974. The van der Waals surface area contributed by atoms with Crippen molar-refractivity contribution < 1.29 is 9.53 Å². The van der Waals surface area contributed by atoms with E-state index in [1.807, 2.05) is 43.3 Å². The average molecular weight is 338 g/mol. The summed E-state index contributed by atoms with van der Waals surface area (Å²) < 4.78 is 5.94. The molecule has 0 spiro atoms. The summed E-state index contributed by atoms with van der Waals surface area (Å²) in [5.41, 5.74) is 3.66. The molecule has 0 unspecified atom stereocenters. The Morgan fingerprint density at radius 1 is 1.08 bits per heavy atom. The molecule has 1 aliphatic rings. The molecule has 0 radical (unpaired) electrons. The van der Waals surface area contributed by atoms with Crippen LogP contribution in [0.4, 0.5) is 10.5 Å². The van der Waals surface area contributed by atoms with Gasteiger partial charge >= 0.3 is 6.03 Å². The molecule has 0 aliphatic heterocycles. The van der Waals surface area contributed by atoms with Gasteiger partial charge in [-0.3, -0.25) is 4.90 Å². The van der Waals surface area contributed by atoms with Gasteiger partial charge in [0.15, 0.2) is 0 Å². The van der Waals surface area contributed by atoms with Gasteiger partial charge in [0.1, 0.15) is 12.4 Å². The number of carbonyl (C=O) groups is 1. The molecule has 0 saturated carbocycles. The number of benzene rings is 2. The van der Waals surface area contributed by atoms with Crippen molar-refractivity contribution >= 4 is 11.7 Å². The Morgan fingerprint density at radius 3 is 2.68 bits per heavy atom. The minimum absolute atomic E-state index is 0.0904. The van der Waals surface area contributed by atoms with Crippen LogP contribution in [0.2, 0.25) is 0 Å². The van der Waals surface area contributed by atoms with E-state index in [1.54, 1.807) is 4.90 Å². The van der Waals surface area contributed by atoms with Crippen LogP contribution in [0, 0.1) is 0 Å². The van der Waals surface area contributed by atoms with E-state index in [-0.39, 0.29) is 6.03 Å². The smallest absolute Gasteiger partial charge is 0.321 e. The fourth-order valence-electron chi connectivity index (χ4n) is 3.35. The fourth-order valence-corrected chi connectivity index (χ4v) is 3.35. The van der Waals surface area contributed by atoms with Crippen molar-refractivity contribution in [2.75, 3.05) is 24.6 Å². The molecule has 25 heavy (non-hydrogen) atoms. The van der Waals surface area contributed by atoms with Gasteiger partial charge in [0.2, 0.25) is 0 Å². The first-order chi connectivity index (χ1) is 12.3. The molecular formula is C21H26N2O2. The summed E-state index contributed by atoms with van der Waals surface area (Å²) in [6.45, 7) is 3.57. The number of urea groups is 1. The summed E-state index contributed by atoms with van der Waals surface area (Å²) in [4.78, 5) is 14.1. The van der Waals surface area contributed by atoms with E-state index in [4.69, 9.17) is 4.74 Å². The third-order valence-corrected chi connectivity index (χ3v) is 4.62. The van der Waals surface area contributed by atoms with Crippen LogP contribution in [0.15, 0.2) is 48.5 Å². The Hall–Kier alpha value is -2.49. The molecule has 2 aromatic carbocycles. The van der Waals surface area contributed by atoms with Crippen LogP contribution in [0.1, 0.15) is 30.9 Å². The Bertz CT molecular complexity index is 700. The summed E-state index contributed by atoms with van der Waals surface area (Å²) >= 11 is 0. The van der Waals surface area contributed by atoms with Gasteiger partial charge in [-0.05, 0) is 61.9 Å². The molecule has 0 bridgehead atoms. The standard InChI is InChI=1S/C21H26N2O2/c1-2-23(18-11-4-3-5-12-18)21(24)22-15-16-25-20-14-8-10-17-9-6-7-13-19(17)20/h3-5,8,10-12,14H,2,6-7,9,13,15-16H2,1H3,(H,22,24). The van der Waals surface area contributed by atoms with Crippen molar-refractivity contribution in [1.29, 1.82) is 0 Å². The van der Waals surface area contributed by atoms with Gasteiger partial charge in [0.05, 0.1) is 6.54 Å². The SMILES string of the molecule is CCN(C(=O)NCCOc1cccc2c1CCCC2)c1ccccc1. The Labute approximate surface area is 149 Å². The monoisotopic (exact) mass is 338 g/mol. The molecule has 132 valence electrons. The van der Waals surface area contributed by atoms with Crippen LogP contribution in [-0.2, 0) is 12.8 Å². The second-order valence-corrected chi connectivity index (χ2v) is 6.26. The fraction of sp³-hybridized carbons (Fsp3) is 0.381. The highest BCUT2D eigenvalue weighted by Gasteiger charge is 2.15. The molecule has 0 heterocycles. The largest absolute Gasteiger partial charge is 0.491 e. The van der Waals surface area contributed by atoms with Crippen LogP contribution in [0.5, 0.6) is 5.75 Å². The van der Waals surface area contributed by atoms with Crippen LogP contribution in [0.25, 0.3) is 0 Å². The number of fused-ring (bicyclic) bond motifs is 1. The first kappa shape index (κ1) is 17.3. The molecule has 0 saturated heterocycles. The number of amides is 2. The van der Waals surface area contributed by atoms with Crippen molar-refractivity contribution in [3.63, 3.8) is 0 Å². The van der Waals surface area contributed by atoms with Crippen molar-refractivity contribution in [2.45, 2.75) is 32.6 Å². The van der Waals surface area contributed by atoms with Gasteiger partial charge in [0.25, 0.3) is 0 Å². The summed E-state index contributed by atoms with van der Waals surface area (Å²) in [7, 11) is 0. The van der Waals surface area contributed by atoms with Crippen molar-refractivity contribution in [3.8, 4) is 5.75 Å². The highest BCUT2D eigenvalue weighted by atomic mass is 16.5. The van der Waals surface area contributed by atoms with E-state index in [0.29, 0.717) is 19.7 Å². The number of ether oxygens (including phenoxy) is 1. The molecule has 4 nitrogen and oxygen atoms in total. The quantitative estimate of drug-likeness (QED) is 0.803. The molecule has 1 N–H and O–H groups in total. The molecule has 2 aromatic rings. The second-order valence-electron chi connectivity index (χ2n) is 6.26. The normalized spacial score (nSPS) is 13.0. The van der Waals surface area contributed by atoms with Gasteiger partial charge < -0.3 is 10.1 Å². The van der Waals surface area contributed by atoms with Crippen LogP contribution < -0.4 is 15.0 Å². The number of hydrogen-bond acceptors (Lipinski definition) is 2. The van der Waals surface area contributed by atoms with Crippen LogP contribution >= 0.6 is 0 Å². The number of nitrogens with zero attached hydrogens (tertiary/aromatic N) is 1. The number of aryl methyl sites for hydroxylation is 1. The van der Waals surface area contributed by atoms with Gasteiger partial charge in [-0.2, -0.15) is 0 Å². The number of hydrogen-bond donors (Lipinski definition) is 1. The first-order valence-electron chi connectivity index (χ1n) is 9.13. The van der Waals surface area contributed by atoms with E-state index < -0.39 is 0 Å². The highest BCUT2D eigenvalue weighted by molar-refractivity contribution is 5.91. The van der Waals surface area contributed by atoms with Gasteiger partial charge in [-0.1, -0.05) is 30.3 Å². The first-order valence-corrected chi connectivity index (χ1v) is 9.13. The van der Waals surface area contributed by atoms with E-state index in [2.05, 4.69) is 17.4 Å². The molecule has 0 aromatic heterocycles. The van der Waals surface area contributed by atoms with Gasteiger partial charge in [-0.15, -0.1) is 0 Å². The highest BCUT2D eigenvalue weighted by Crippen LogP contribution is 2.29. The molecule has 1 aliphatic carbocycles. The summed E-state index contributed by atoms with van der Waals surface area (Å²) in [6.07, 6.45) is 4.73.